The lowest BCUT2D eigenvalue weighted by atomic mass is 9.75. The first-order chi connectivity index (χ1) is 16.2. The lowest BCUT2D eigenvalue weighted by molar-refractivity contribution is -0.119. The third kappa shape index (κ3) is 6.83. The maximum Gasteiger partial charge on any atom is 0.339 e. The van der Waals surface area contributed by atoms with Gasteiger partial charge in [0.2, 0.25) is 0 Å². The van der Waals surface area contributed by atoms with Crippen molar-refractivity contribution in [3.05, 3.63) is 63.1 Å². The van der Waals surface area contributed by atoms with E-state index in [0.29, 0.717) is 27.0 Å². The zero-order valence-electron chi connectivity index (χ0n) is 19.5. The Morgan fingerprint density at radius 1 is 1.09 bits per heavy atom. The van der Waals surface area contributed by atoms with E-state index in [1.807, 2.05) is 0 Å². The van der Waals surface area contributed by atoms with Crippen molar-refractivity contribution in [2.24, 2.45) is 17.8 Å². The summed E-state index contributed by atoms with van der Waals surface area (Å²) in [4.78, 5) is 38.0. The van der Waals surface area contributed by atoms with Crippen molar-refractivity contribution in [2.45, 2.75) is 46.1 Å². The zero-order chi connectivity index (χ0) is 24.8. The Kier molecular flexibility index (Phi) is 9.14. The Hall–Kier alpha value is -2.38. The van der Waals surface area contributed by atoms with Crippen LogP contribution in [-0.2, 0) is 14.3 Å². The summed E-state index contributed by atoms with van der Waals surface area (Å²) in [6.07, 6.45) is 2.75. The molecule has 0 aliphatic heterocycles. The van der Waals surface area contributed by atoms with E-state index in [0.717, 1.165) is 19.3 Å². The number of halogens is 2. The number of hydrogen-bond acceptors (Lipinski definition) is 5. The van der Waals surface area contributed by atoms with E-state index < -0.39 is 24.5 Å². The number of anilines is 1. The van der Waals surface area contributed by atoms with Crippen molar-refractivity contribution in [3.63, 3.8) is 0 Å². The molecule has 1 fully saturated rings. The minimum Gasteiger partial charge on any atom is -0.458 e. The molecule has 1 N–H and O–H groups in total. The summed E-state index contributed by atoms with van der Waals surface area (Å²) < 4.78 is 11.8. The Morgan fingerprint density at radius 3 is 2.41 bits per heavy atom. The van der Waals surface area contributed by atoms with Gasteiger partial charge in [-0.1, -0.05) is 50.9 Å². The van der Waals surface area contributed by atoms with Crippen LogP contribution in [0.15, 0.2) is 46.9 Å². The van der Waals surface area contributed by atoms with Crippen LogP contribution in [0.2, 0.25) is 5.02 Å². The van der Waals surface area contributed by atoms with Gasteiger partial charge < -0.3 is 14.8 Å². The van der Waals surface area contributed by atoms with Crippen molar-refractivity contribution < 1.29 is 23.9 Å². The first-order valence-corrected chi connectivity index (χ1v) is 12.5. The standard InChI is InChI=1S/C26H29BrClNO5/c1-15(2)18-10-8-16(3)12-23(18)34-26(32)20-7-5-4-6-19(20)25(31)33-14-24(30)29-17-9-11-21(27)22(28)13-17/h4-7,9,11,13,15-16,18,23H,8,10,12,14H2,1-3H3,(H,29,30)/t16-,18+,23+/m1/s1. The molecular formula is C26H29BrClNO5. The lowest BCUT2D eigenvalue weighted by Crippen LogP contribution is -2.36. The van der Waals surface area contributed by atoms with E-state index in [9.17, 15) is 14.4 Å². The van der Waals surface area contributed by atoms with E-state index in [-0.39, 0.29) is 23.1 Å². The van der Waals surface area contributed by atoms with Gasteiger partial charge in [-0.2, -0.15) is 0 Å². The summed E-state index contributed by atoms with van der Waals surface area (Å²) in [5.41, 5.74) is 0.671. The van der Waals surface area contributed by atoms with E-state index in [1.165, 1.54) is 6.07 Å². The molecule has 0 spiro atoms. The molecule has 0 aromatic heterocycles. The summed E-state index contributed by atoms with van der Waals surface area (Å²) in [6, 6.07) is 11.3. The van der Waals surface area contributed by atoms with E-state index in [1.54, 1.807) is 36.4 Å². The molecule has 0 radical (unpaired) electrons. The van der Waals surface area contributed by atoms with Crippen LogP contribution in [0.1, 0.15) is 60.7 Å². The van der Waals surface area contributed by atoms with Gasteiger partial charge in [0.05, 0.1) is 16.1 Å². The van der Waals surface area contributed by atoms with Crippen LogP contribution in [0.3, 0.4) is 0 Å². The number of carbonyl (C=O) groups is 3. The number of ether oxygens (including phenoxy) is 2. The predicted octanol–water partition coefficient (Wildman–Crippen LogP) is 6.52. The molecule has 1 aliphatic carbocycles. The molecule has 6 nitrogen and oxygen atoms in total. The van der Waals surface area contributed by atoms with Gasteiger partial charge in [-0.3, -0.25) is 4.79 Å². The first-order valence-electron chi connectivity index (χ1n) is 11.4. The molecule has 0 saturated heterocycles. The van der Waals surface area contributed by atoms with Gasteiger partial charge in [-0.05, 0) is 76.9 Å². The highest BCUT2D eigenvalue weighted by Gasteiger charge is 2.34. The average molecular weight is 551 g/mol. The number of benzene rings is 2. The van der Waals surface area contributed by atoms with Gasteiger partial charge in [0, 0.05) is 10.2 Å². The van der Waals surface area contributed by atoms with Crippen molar-refractivity contribution in [1.82, 2.24) is 0 Å². The summed E-state index contributed by atoms with van der Waals surface area (Å²) in [5.74, 6) is -0.685. The first kappa shape index (κ1) is 26.2. The van der Waals surface area contributed by atoms with Gasteiger partial charge in [0.1, 0.15) is 6.10 Å². The maximum atomic E-state index is 13.0. The number of esters is 2. The average Bonchev–Trinajstić information content (AvgIpc) is 2.79. The fourth-order valence-electron chi connectivity index (χ4n) is 4.27. The fraction of sp³-hybridized carbons (Fsp3) is 0.423. The second-order valence-electron chi connectivity index (χ2n) is 9.07. The monoisotopic (exact) mass is 549 g/mol. The molecular weight excluding hydrogens is 522 g/mol. The number of hydrogen-bond donors (Lipinski definition) is 1. The molecule has 3 atom stereocenters. The van der Waals surface area contributed by atoms with Crippen LogP contribution in [0, 0.1) is 17.8 Å². The lowest BCUT2D eigenvalue weighted by Gasteiger charge is -2.36. The molecule has 182 valence electrons. The Bertz CT molecular complexity index is 1060. The summed E-state index contributed by atoms with van der Waals surface area (Å²) >= 11 is 9.31. The van der Waals surface area contributed by atoms with Crippen LogP contribution in [-0.4, -0.2) is 30.6 Å². The highest BCUT2D eigenvalue weighted by molar-refractivity contribution is 9.10. The van der Waals surface area contributed by atoms with E-state index >= 15 is 0 Å². The molecule has 0 heterocycles. The SMILES string of the molecule is CC(C)[C@@H]1CC[C@@H](C)C[C@@H]1OC(=O)c1ccccc1C(=O)OCC(=O)Nc1ccc(Br)c(Cl)c1. The minimum absolute atomic E-state index is 0.0666. The van der Waals surface area contributed by atoms with E-state index in [2.05, 4.69) is 42.0 Å². The Balaban J connectivity index is 1.64. The maximum absolute atomic E-state index is 13.0. The van der Waals surface area contributed by atoms with Crippen LogP contribution in [0.4, 0.5) is 5.69 Å². The molecule has 8 heteroatoms. The Labute approximate surface area is 213 Å². The molecule has 0 bridgehead atoms. The highest BCUT2D eigenvalue weighted by atomic mass is 79.9. The van der Waals surface area contributed by atoms with E-state index in [4.69, 9.17) is 21.1 Å². The topological polar surface area (TPSA) is 81.7 Å². The van der Waals surface area contributed by atoms with Crippen molar-refractivity contribution in [3.8, 4) is 0 Å². The minimum atomic E-state index is -0.769. The molecule has 34 heavy (non-hydrogen) atoms. The summed E-state index contributed by atoms with van der Waals surface area (Å²) in [7, 11) is 0. The van der Waals surface area contributed by atoms with Crippen molar-refractivity contribution in [2.75, 3.05) is 11.9 Å². The molecule has 2 aromatic rings. The molecule has 1 aliphatic rings. The summed E-state index contributed by atoms with van der Waals surface area (Å²) in [6.45, 7) is 5.93. The largest absolute Gasteiger partial charge is 0.458 e. The van der Waals surface area contributed by atoms with Gasteiger partial charge in [0.15, 0.2) is 6.61 Å². The number of nitrogens with one attached hydrogen (secondary N) is 1. The summed E-state index contributed by atoms with van der Waals surface area (Å²) in [5, 5.41) is 3.05. The van der Waals surface area contributed by atoms with Crippen molar-refractivity contribution >= 4 is 51.1 Å². The number of carbonyl (C=O) groups excluding carboxylic acids is 3. The second-order valence-corrected chi connectivity index (χ2v) is 10.3. The fourth-order valence-corrected chi connectivity index (χ4v) is 4.70. The predicted molar refractivity (Wildman–Crippen MR) is 135 cm³/mol. The quantitative estimate of drug-likeness (QED) is 0.397. The molecule has 1 saturated carbocycles. The number of amides is 1. The number of rotatable bonds is 7. The third-order valence-corrected chi connectivity index (χ3v) is 7.36. The smallest absolute Gasteiger partial charge is 0.339 e. The Morgan fingerprint density at radius 2 is 1.76 bits per heavy atom. The van der Waals surface area contributed by atoms with Crippen LogP contribution in [0.5, 0.6) is 0 Å². The van der Waals surface area contributed by atoms with Crippen LogP contribution >= 0.6 is 27.5 Å². The molecule has 1 amide bonds. The van der Waals surface area contributed by atoms with Gasteiger partial charge >= 0.3 is 11.9 Å². The highest BCUT2D eigenvalue weighted by Crippen LogP contribution is 2.36. The molecule has 2 aromatic carbocycles. The van der Waals surface area contributed by atoms with Crippen molar-refractivity contribution in [1.29, 1.82) is 0 Å². The van der Waals surface area contributed by atoms with Crippen LogP contribution in [0.25, 0.3) is 0 Å². The van der Waals surface area contributed by atoms with Crippen LogP contribution < -0.4 is 5.32 Å². The van der Waals surface area contributed by atoms with Gasteiger partial charge in [-0.25, -0.2) is 9.59 Å². The van der Waals surface area contributed by atoms with Gasteiger partial charge in [0.25, 0.3) is 5.91 Å². The third-order valence-electron chi connectivity index (χ3n) is 6.12. The molecule has 0 unspecified atom stereocenters. The zero-order valence-corrected chi connectivity index (χ0v) is 21.8. The second kappa shape index (κ2) is 11.8. The van der Waals surface area contributed by atoms with Gasteiger partial charge in [-0.15, -0.1) is 0 Å². The normalized spacial score (nSPS) is 20.0. The molecule has 3 rings (SSSR count).